The summed E-state index contributed by atoms with van der Waals surface area (Å²) in [7, 11) is 0. The maximum atomic E-state index is 12.9. The van der Waals surface area contributed by atoms with Crippen LogP contribution in [-0.2, 0) is 11.3 Å². The molecular formula is C18H21N3O3. The largest absolute Gasteiger partial charge is 0.468 e. The summed E-state index contributed by atoms with van der Waals surface area (Å²) in [5.41, 5.74) is 0.640. The highest BCUT2D eigenvalue weighted by Gasteiger charge is 2.39. The maximum Gasteiger partial charge on any atom is 0.255 e. The maximum absolute atomic E-state index is 12.9. The van der Waals surface area contributed by atoms with Crippen molar-refractivity contribution in [3.63, 3.8) is 0 Å². The normalized spacial score (nSPS) is 24.6. The summed E-state index contributed by atoms with van der Waals surface area (Å²) in [5.74, 6) is 0.997. The number of carbonyl (C=O) groups is 1. The number of fused-ring (bicyclic) bond motifs is 1. The molecule has 0 radical (unpaired) electrons. The molecule has 0 spiro atoms. The van der Waals surface area contributed by atoms with Crippen LogP contribution in [0, 0.1) is 0 Å². The van der Waals surface area contributed by atoms with Gasteiger partial charge in [0.15, 0.2) is 0 Å². The lowest BCUT2D eigenvalue weighted by Crippen LogP contribution is -2.61. The number of hydrogen-bond acceptors (Lipinski definition) is 5. The molecule has 1 amide bonds. The molecule has 6 nitrogen and oxygen atoms in total. The number of rotatable bonds is 3. The molecule has 0 N–H and O–H groups in total. The van der Waals surface area contributed by atoms with E-state index in [0.29, 0.717) is 18.7 Å². The number of amides is 1. The molecule has 2 saturated heterocycles. The number of piperidine rings is 1. The van der Waals surface area contributed by atoms with Crippen molar-refractivity contribution in [1.82, 2.24) is 14.8 Å². The molecule has 2 fully saturated rings. The Morgan fingerprint density at radius 1 is 1.29 bits per heavy atom. The van der Waals surface area contributed by atoms with Gasteiger partial charge >= 0.3 is 0 Å². The molecule has 0 unspecified atom stereocenters. The molecule has 6 heteroatoms. The third-order valence-electron chi connectivity index (χ3n) is 4.80. The summed E-state index contributed by atoms with van der Waals surface area (Å²) < 4.78 is 11.4. The highest BCUT2D eigenvalue weighted by Crippen LogP contribution is 2.25. The molecule has 2 atom stereocenters. The minimum Gasteiger partial charge on any atom is -0.468 e. The number of morpholine rings is 1. The number of carbonyl (C=O) groups excluding carboxylic acids is 1. The second kappa shape index (κ2) is 6.75. The highest BCUT2D eigenvalue weighted by molar-refractivity contribution is 5.94. The Labute approximate surface area is 141 Å². The predicted molar refractivity (Wildman–Crippen MR) is 87.4 cm³/mol. The molecule has 0 saturated carbocycles. The van der Waals surface area contributed by atoms with Gasteiger partial charge in [0.2, 0.25) is 0 Å². The topological polar surface area (TPSA) is 58.8 Å². The molecule has 2 aromatic heterocycles. The van der Waals surface area contributed by atoms with Gasteiger partial charge in [0.05, 0.1) is 37.1 Å². The number of nitrogens with zero attached hydrogens (tertiary/aromatic N) is 3. The summed E-state index contributed by atoms with van der Waals surface area (Å²) in [6.07, 6.45) is 6.07. The van der Waals surface area contributed by atoms with E-state index in [2.05, 4.69) is 9.88 Å². The van der Waals surface area contributed by atoms with Crippen LogP contribution in [0.2, 0.25) is 0 Å². The molecule has 2 aliphatic heterocycles. The summed E-state index contributed by atoms with van der Waals surface area (Å²) in [6.45, 7) is 3.76. The Morgan fingerprint density at radius 3 is 3.04 bits per heavy atom. The smallest absolute Gasteiger partial charge is 0.255 e. The lowest BCUT2D eigenvalue weighted by Gasteiger charge is -2.46. The molecule has 0 bridgehead atoms. The number of aromatic nitrogens is 1. The number of likely N-dealkylation sites (tertiary alicyclic amines) is 1. The minimum absolute atomic E-state index is 0.0428. The first-order valence-corrected chi connectivity index (χ1v) is 8.38. The molecular weight excluding hydrogens is 306 g/mol. The second-order valence-corrected chi connectivity index (χ2v) is 6.32. The van der Waals surface area contributed by atoms with Crippen molar-refractivity contribution < 1.29 is 13.9 Å². The Balaban J connectivity index is 1.49. The van der Waals surface area contributed by atoms with Gasteiger partial charge in [-0.25, -0.2) is 0 Å². The first-order chi connectivity index (χ1) is 11.8. The van der Waals surface area contributed by atoms with Crippen LogP contribution in [0.25, 0.3) is 0 Å². The predicted octanol–water partition coefficient (Wildman–Crippen LogP) is 1.79. The van der Waals surface area contributed by atoms with Crippen molar-refractivity contribution >= 4 is 5.91 Å². The monoisotopic (exact) mass is 327 g/mol. The van der Waals surface area contributed by atoms with Crippen LogP contribution in [-0.4, -0.2) is 59.1 Å². The van der Waals surface area contributed by atoms with E-state index in [1.54, 1.807) is 24.7 Å². The summed E-state index contributed by atoms with van der Waals surface area (Å²) in [4.78, 5) is 21.2. The van der Waals surface area contributed by atoms with Gasteiger partial charge in [0.25, 0.3) is 5.91 Å². The average molecular weight is 327 g/mol. The quantitative estimate of drug-likeness (QED) is 0.860. The van der Waals surface area contributed by atoms with Crippen LogP contribution in [0.15, 0.2) is 47.3 Å². The lowest BCUT2D eigenvalue weighted by molar-refractivity contribution is -0.0920. The van der Waals surface area contributed by atoms with Gasteiger partial charge < -0.3 is 14.1 Å². The zero-order chi connectivity index (χ0) is 16.4. The second-order valence-electron chi connectivity index (χ2n) is 6.32. The van der Waals surface area contributed by atoms with Gasteiger partial charge in [-0.3, -0.25) is 14.7 Å². The number of pyridine rings is 1. The van der Waals surface area contributed by atoms with Gasteiger partial charge in [0, 0.05) is 32.0 Å². The fourth-order valence-electron chi connectivity index (χ4n) is 3.61. The van der Waals surface area contributed by atoms with Crippen LogP contribution >= 0.6 is 0 Å². The van der Waals surface area contributed by atoms with Gasteiger partial charge in [-0.15, -0.1) is 0 Å². The molecule has 24 heavy (non-hydrogen) atoms. The Kier molecular flexibility index (Phi) is 4.32. The molecule has 126 valence electrons. The third-order valence-corrected chi connectivity index (χ3v) is 4.80. The van der Waals surface area contributed by atoms with Crippen LogP contribution in [0.4, 0.5) is 0 Å². The fourth-order valence-corrected chi connectivity index (χ4v) is 3.61. The van der Waals surface area contributed by atoms with E-state index in [0.717, 1.165) is 31.8 Å². The van der Waals surface area contributed by atoms with E-state index >= 15 is 0 Å². The van der Waals surface area contributed by atoms with Crippen molar-refractivity contribution in [3.05, 3.63) is 54.2 Å². The lowest BCUT2D eigenvalue weighted by atomic mass is 9.97. The third kappa shape index (κ3) is 3.07. The van der Waals surface area contributed by atoms with E-state index < -0.39 is 0 Å². The zero-order valence-electron chi connectivity index (χ0n) is 13.5. The summed E-state index contributed by atoms with van der Waals surface area (Å²) in [5, 5.41) is 0. The van der Waals surface area contributed by atoms with Gasteiger partial charge in [0.1, 0.15) is 5.76 Å². The van der Waals surface area contributed by atoms with Crippen molar-refractivity contribution in [3.8, 4) is 0 Å². The van der Waals surface area contributed by atoms with Crippen molar-refractivity contribution in [2.45, 2.75) is 25.1 Å². The molecule has 2 aliphatic rings. The SMILES string of the molecule is O=C(c1cccnc1)N1CCO[C@@H]2CCN(Cc3ccco3)C[C@H]21. The highest BCUT2D eigenvalue weighted by atomic mass is 16.5. The van der Waals surface area contributed by atoms with Crippen molar-refractivity contribution in [2.24, 2.45) is 0 Å². The summed E-state index contributed by atoms with van der Waals surface area (Å²) >= 11 is 0. The van der Waals surface area contributed by atoms with E-state index in [1.165, 1.54) is 0 Å². The van der Waals surface area contributed by atoms with Crippen LogP contribution in [0.1, 0.15) is 22.5 Å². The van der Waals surface area contributed by atoms with Crippen LogP contribution < -0.4 is 0 Å². The molecule has 2 aromatic rings. The Hall–Kier alpha value is -2.18. The van der Waals surface area contributed by atoms with Crippen LogP contribution in [0.3, 0.4) is 0 Å². The fraction of sp³-hybridized carbons (Fsp3) is 0.444. The van der Waals surface area contributed by atoms with E-state index in [4.69, 9.17) is 9.15 Å². The molecule has 4 rings (SSSR count). The van der Waals surface area contributed by atoms with Crippen molar-refractivity contribution in [1.29, 1.82) is 0 Å². The summed E-state index contributed by atoms with van der Waals surface area (Å²) in [6, 6.07) is 7.60. The van der Waals surface area contributed by atoms with E-state index in [9.17, 15) is 4.79 Å². The Bertz CT molecular complexity index is 674. The molecule has 0 aliphatic carbocycles. The minimum atomic E-state index is 0.0428. The first kappa shape index (κ1) is 15.4. The number of ether oxygens (including phenoxy) is 1. The number of hydrogen-bond donors (Lipinski definition) is 0. The van der Waals surface area contributed by atoms with Gasteiger partial charge in [-0.2, -0.15) is 0 Å². The zero-order valence-corrected chi connectivity index (χ0v) is 13.5. The van der Waals surface area contributed by atoms with E-state index in [-0.39, 0.29) is 18.1 Å². The van der Waals surface area contributed by atoms with Gasteiger partial charge in [-0.1, -0.05) is 0 Å². The van der Waals surface area contributed by atoms with Crippen molar-refractivity contribution in [2.75, 3.05) is 26.2 Å². The first-order valence-electron chi connectivity index (χ1n) is 8.38. The number of furan rings is 1. The standard InChI is InChI=1S/C18H21N3O3/c22-18(14-3-1-6-19-11-14)21-8-10-24-17-5-7-20(13-16(17)21)12-15-4-2-9-23-15/h1-4,6,9,11,16-17H,5,7-8,10,12-13H2/t16-,17-/m1/s1. The molecule has 0 aromatic carbocycles. The van der Waals surface area contributed by atoms with E-state index in [1.807, 2.05) is 23.1 Å². The Morgan fingerprint density at radius 2 is 2.25 bits per heavy atom. The molecule has 4 heterocycles. The van der Waals surface area contributed by atoms with Crippen LogP contribution in [0.5, 0.6) is 0 Å². The van der Waals surface area contributed by atoms with Gasteiger partial charge in [-0.05, 0) is 30.7 Å². The average Bonchev–Trinajstić information content (AvgIpc) is 3.14.